The topological polar surface area (TPSA) is 28.2 Å². The van der Waals surface area contributed by atoms with Crippen molar-refractivity contribution < 1.29 is 0 Å². The Morgan fingerprint density at radius 2 is 2.15 bits per heavy atom. The summed E-state index contributed by atoms with van der Waals surface area (Å²) in [5.74, 6) is 0.882. The SMILES string of the molecule is CC1(C)CN(Cc2nccs2)C(C2CCCCC2)CN1. The number of aromatic nitrogens is 1. The predicted molar refractivity (Wildman–Crippen MR) is 85.0 cm³/mol. The quantitative estimate of drug-likeness (QED) is 0.927. The smallest absolute Gasteiger partial charge is 0.107 e. The van der Waals surface area contributed by atoms with Crippen molar-refractivity contribution in [3.63, 3.8) is 0 Å². The van der Waals surface area contributed by atoms with Crippen LogP contribution in [0, 0.1) is 5.92 Å². The summed E-state index contributed by atoms with van der Waals surface area (Å²) in [6.45, 7) is 7.94. The summed E-state index contributed by atoms with van der Waals surface area (Å²) in [5.41, 5.74) is 0.225. The number of nitrogens with zero attached hydrogens (tertiary/aromatic N) is 2. The molecule has 1 aromatic heterocycles. The molecule has 1 aromatic rings. The molecule has 112 valence electrons. The van der Waals surface area contributed by atoms with E-state index in [1.54, 1.807) is 11.3 Å². The molecule has 1 unspecified atom stereocenters. The van der Waals surface area contributed by atoms with Crippen LogP contribution in [0.2, 0.25) is 0 Å². The van der Waals surface area contributed by atoms with Gasteiger partial charge in [-0.2, -0.15) is 0 Å². The highest BCUT2D eigenvalue weighted by molar-refractivity contribution is 7.09. The number of thiazole rings is 1. The molecule has 1 atom stereocenters. The maximum atomic E-state index is 4.49. The van der Waals surface area contributed by atoms with Crippen LogP contribution < -0.4 is 5.32 Å². The van der Waals surface area contributed by atoms with Crippen LogP contribution >= 0.6 is 11.3 Å². The van der Waals surface area contributed by atoms with Gasteiger partial charge in [-0.1, -0.05) is 19.3 Å². The van der Waals surface area contributed by atoms with Crippen molar-refractivity contribution in [3.05, 3.63) is 16.6 Å². The molecular weight excluding hydrogens is 266 g/mol. The van der Waals surface area contributed by atoms with Gasteiger partial charge in [-0.15, -0.1) is 11.3 Å². The molecule has 1 N–H and O–H groups in total. The van der Waals surface area contributed by atoms with Gasteiger partial charge in [-0.05, 0) is 32.6 Å². The zero-order chi connectivity index (χ0) is 14.0. The Bertz CT molecular complexity index is 409. The third kappa shape index (κ3) is 3.41. The highest BCUT2D eigenvalue weighted by atomic mass is 32.1. The van der Waals surface area contributed by atoms with Crippen LogP contribution in [0.25, 0.3) is 0 Å². The first kappa shape index (κ1) is 14.5. The molecule has 0 aromatic carbocycles. The molecule has 1 saturated carbocycles. The second-order valence-electron chi connectivity index (χ2n) is 7.06. The summed E-state index contributed by atoms with van der Waals surface area (Å²) >= 11 is 1.79. The standard InChI is InChI=1S/C16H27N3S/c1-16(2)12-19(11-15-17-8-9-20-15)14(10-18-16)13-6-4-3-5-7-13/h8-9,13-14,18H,3-7,10-12H2,1-2H3. The zero-order valence-electron chi connectivity index (χ0n) is 12.8. The maximum absolute atomic E-state index is 4.49. The van der Waals surface area contributed by atoms with E-state index >= 15 is 0 Å². The largest absolute Gasteiger partial charge is 0.309 e. The molecule has 1 saturated heterocycles. The molecule has 2 aliphatic rings. The van der Waals surface area contributed by atoms with Crippen LogP contribution in [0.3, 0.4) is 0 Å². The fourth-order valence-corrected chi connectivity index (χ4v) is 4.49. The van der Waals surface area contributed by atoms with Crippen LogP contribution in [0.5, 0.6) is 0 Å². The van der Waals surface area contributed by atoms with Crippen molar-refractivity contribution >= 4 is 11.3 Å². The minimum absolute atomic E-state index is 0.225. The van der Waals surface area contributed by atoms with Crippen LogP contribution in [0.4, 0.5) is 0 Å². The van der Waals surface area contributed by atoms with Crippen molar-refractivity contribution in [2.75, 3.05) is 13.1 Å². The monoisotopic (exact) mass is 293 g/mol. The first-order valence-electron chi connectivity index (χ1n) is 8.01. The summed E-state index contributed by atoms with van der Waals surface area (Å²) in [4.78, 5) is 7.19. The Labute approximate surface area is 126 Å². The minimum atomic E-state index is 0.225. The Morgan fingerprint density at radius 3 is 2.85 bits per heavy atom. The van der Waals surface area contributed by atoms with Crippen molar-refractivity contribution in [1.29, 1.82) is 0 Å². The van der Waals surface area contributed by atoms with Crippen LogP contribution in [-0.2, 0) is 6.54 Å². The van der Waals surface area contributed by atoms with Gasteiger partial charge in [0.15, 0.2) is 0 Å². The van der Waals surface area contributed by atoms with E-state index in [0.717, 1.165) is 25.6 Å². The second-order valence-corrected chi connectivity index (χ2v) is 8.04. The Morgan fingerprint density at radius 1 is 1.35 bits per heavy atom. The van der Waals surface area contributed by atoms with Gasteiger partial charge in [0.25, 0.3) is 0 Å². The lowest BCUT2D eigenvalue weighted by Gasteiger charge is -2.48. The maximum Gasteiger partial charge on any atom is 0.107 e. The van der Waals surface area contributed by atoms with E-state index in [4.69, 9.17) is 0 Å². The van der Waals surface area contributed by atoms with Crippen LogP contribution in [-0.4, -0.2) is 34.6 Å². The number of nitrogens with one attached hydrogen (secondary N) is 1. The van der Waals surface area contributed by atoms with Crippen molar-refractivity contribution in [2.24, 2.45) is 5.92 Å². The number of rotatable bonds is 3. The molecule has 1 aliphatic carbocycles. The van der Waals surface area contributed by atoms with Gasteiger partial charge in [0.1, 0.15) is 5.01 Å². The lowest BCUT2D eigenvalue weighted by atomic mass is 9.81. The van der Waals surface area contributed by atoms with E-state index in [1.807, 2.05) is 6.20 Å². The Balaban J connectivity index is 1.72. The highest BCUT2D eigenvalue weighted by Crippen LogP contribution is 2.32. The van der Waals surface area contributed by atoms with Crippen molar-refractivity contribution in [2.45, 2.75) is 64.1 Å². The molecule has 3 rings (SSSR count). The first-order chi connectivity index (χ1) is 9.64. The van der Waals surface area contributed by atoms with E-state index in [0.29, 0.717) is 6.04 Å². The first-order valence-corrected chi connectivity index (χ1v) is 8.89. The summed E-state index contributed by atoms with van der Waals surface area (Å²) in [6, 6.07) is 0.701. The number of piperazine rings is 1. The molecule has 0 bridgehead atoms. The predicted octanol–water partition coefficient (Wildman–Crippen LogP) is 3.28. The summed E-state index contributed by atoms with van der Waals surface area (Å²) < 4.78 is 0. The van der Waals surface area contributed by atoms with E-state index in [-0.39, 0.29) is 5.54 Å². The molecule has 3 nitrogen and oxygen atoms in total. The van der Waals surface area contributed by atoms with Crippen LogP contribution in [0.15, 0.2) is 11.6 Å². The molecule has 0 spiro atoms. The molecule has 2 heterocycles. The van der Waals surface area contributed by atoms with E-state index in [2.05, 4.69) is 34.4 Å². The fraction of sp³-hybridized carbons (Fsp3) is 0.812. The minimum Gasteiger partial charge on any atom is -0.309 e. The van der Waals surface area contributed by atoms with Gasteiger partial charge in [0, 0.05) is 36.2 Å². The van der Waals surface area contributed by atoms with E-state index < -0.39 is 0 Å². The van der Waals surface area contributed by atoms with Gasteiger partial charge >= 0.3 is 0 Å². The van der Waals surface area contributed by atoms with Gasteiger partial charge in [-0.3, -0.25) is 4.90 Å². The van der Waals surface area contributed by atoms with Crippen molar-refractivity contribution in [3.8, 4) is 0 Å². The molecule has 2 fully saturated rings. The number of hydrogen-bond donors (Lipinski definition) is 1. The highest BCUT2D eigenvalue weighted by Gasteiger charge is 2.37. The van der Waals surface area contributed by atoms with E-state index in [9.17, 15) is 0 Å². The molecule has 0 amide bonds. The van der Waals surface area contributed by atoms with E-state index in [1.165, 1.54) is 37.1 Å². The normalized spacial score (nSPS) is 28.6. The van der Waals surface area contributed by atoms with Gasteiger partial charge in [0.05, 0.1) is 6.54 Å². The molecule has 1 aliphatic heterocycles. The number of hydrogen-bond acceptors (Lipinski definition) is 4. The summed E-state index contributed by atoms with van der Waals surface area (Å²) in [7, 11) is 0. The summed E-state index contributed by atoms with van der Waals surface area (Å²) in [6.07, 6.45) is 9.06. The average Bonchev–Trinajstić information content (AvgIpc) is 2.92. The Hall–Kier alpha value is -0.450. The molecule has 4 heteroatoms. The van der Waals surface area contributed by atoms with Gasteiger partial charge < -0.3 is 5.32 Å². The lowest BCUT2D eigenvalue weighted by molar-refractivity contribution is 0.0418. The molecule has 20 heavy (non-hydrogen) atoms. The van der Waals surface area contributed by atoms with Gasteiger partial charge in [0.2, 0.25) is 0 Å². The second kappa shape index (κ2) is 6.12. The fourth-order valence-electron chi connectivity index (χ4n) is 3.85. The third-order valence-electron chi connectivity index (χ3n) is 4.87. The van der Waals surface area contributed by atoms with Gasteiger partial charge in [-0.25, -0.2) is 4.98 Å². The van der Waals surface area contributed by atoms with Crippen LogP contribution in [0.1, 0.15) is 51.0 Å². The van der Waals surface area contributed by atoms with Crippen molar-refractivity contribution in [1.82, 2.24) is 15.2 Å². The lowest BCUT2D eigenvalue weighted by Crippen LogP contribution is -2.63. The zero-order valence-corrected chi connectivity index (χ0v) is 13.6. The third-order valence-corrected chi connectivity index (χ3v) is 5.64. The molecule has 0 radical (unpaired) electrons. The average molecular weight is 293 g/mol. The summed E-state index contributed by atoms with van der Waals surface area (Å²) in [5, 5.41) is 7.12. The molecular formula is C16H27N3S. The Kier molecular flexibility index (Phi) is 4.43.